The van der Waals surface area contributed by atoms with Crippen molar-refractivity contribution < 1.29 is 19.0 Å². The molecule has 1 heterocycles. The fourth-order valence-electron chi connectivity index (χ4n) is 1.85. The van der Waals surface area contributed by atoms with Gasteiger partial charge in [-0.15, -0.1) is 0 Å². The van der Waals surface area contributed by atoms with E-state index in [1.807, 2.05) is 12.1 Å². The van der Waals surface area contributed by atoms with Gasteiger partial charge in [0.05, 0.1) is 32.2 Å². The zero-order valence-corrected chi connectivity index (χ0v) is 13.7. The number of nitrogens with one attached hydrogen (secondary N) is 1. The predicted octanol–water partition coefficient (Wildman–Crippen LogP) is 3.39. The number of rotatable bonds is 6. The van der Waals surface area contributed by atoms with Crippen molar-refractivity contribution in [1.29, 1.82) is 0 Å². The van der Waals surface area contributed by atoms with Crippen LogP contribution in [0.15, 0.2) is 18.2 Å². The second-order valence-electron chi connectivity index (χ2n) is 4.35. The number of nitrogens with zero attached hydrogens (tertiary/aromatic N) is 1. The maximum atomic E-state index is 11.8. The largest absolute Gasteiger partial charge is 0.497 e. The second kappa shape index (κ2) is 7.13. The molecule has 22 heavy (non-hydrogen) atoms. The SMILES string of the molecule is CCOC(=O)c1sc(Nc2ccc(OC)cc2OC)nc1C. The summed E-state index contributed by atoms with van der Waals surface area (Å²) in [7, 11) is 3.18. The van der Waals surface area contributed by atoms with Crippen LogP contribution < -0.4 is 14.8 Å². The predicted molar refractivity (Wildman–Crippen MR) is 85.6 cm³/mol. The van der Waals surface area contributed by atoms with Gasteiger partial charge in [-0.3, -0.25) is 0 Å². The molecule has 0 fully saturated rings. The molecular formula is C15H18N2O4S. The van der Waals surface area contributed by atoms with Gasteiger partial charge in [-0.05, 0) is 26.0 Å². The van der Waals surface area contributed by atoms with Crippen molar-refractivity contribution in [3.8, 4) is 11.5 Å². The molecule has 1 aromatic heterocycles. The number of hydrogen-bond acceptors (Lipinski definition) is 7. The van der Waals surface area contributed by atoms with E-state index >= 15 is 0 Å². The molecule has 0 aliphatic rings. The van der Waals surface area contributed by atoms with E-state index in [1.54, 1.807) is 34.1 Å². The molecule has 0 aliphatic carbocycles. The van der Waals surface area contributed by atoms with Crippen molar-refractivity contribution in [2.75, 3.05) is 26.1 Å². The maximum Gasteiger partial charge on any atom is 0.350 e. The van der Waals surface area contributed by atoms with Gasteiger partial charge in [0.1, 0.15) is 16.4 Å². The summed E-state index contributed by atoms with van der Waals surface area (Å²) < 4.78 is 15.5. The van der Waals surface area contributed by atoms with Gasteiger partial charge in [0.15, 0.2) is 5.13 Å². The molecule has 0 radical (unpaired) electrons. The first kappa shape index (κ1) is 16.1. The molecular weight excluding hydrogens is 304 g/mol. The number of carbonyl (C=O) groups is 1. The number of hydrogen-bond donors (Lipinski definition) is 1. The normalized spacial score (nSPS) is 10.2. The minimum Gasteiger partial charge on any atom is -0.497 e. The molecule has 0 saturated carbocycles. The second-order valence-corrected chi connectivity index (χ2v) is 5.34. The molecule has 0 amide bonds. The summed E-state index contributed by atoms with van der Waals surface area (Å²) in [6.07, 6.45) is 0. The fourth-order valence-corrected chi connectivity index (χ4v) is 2.73. The van der Waals surface area contributed by atoms with Crippen LogP contribution in [0.4, 0.5) is 10.8 Å². The highest BCUT2D eigenvalue weighted by Gasteiger charge is 2.17. The minimum absolute atomic E-state index is 0.339. The van der Waals surface area contributed by atoms with E-state index in [2.05, 4.69) is 10.3 Å². The van der Waals surface area contributed by atoms with Gasteiger partial charge in [-0.2, -0.15) is 0 Å². The Bertz CT molecular complexity index is 670. The zero-order chi connectivity index (χ0) is 16.1. The van der Waals surface area contributed by atoms with Crippen LogP contribution in [-0.2, 0) is 4.74 Å². The van der Waals surface area contributed by atoms with Crippen molar-refractivity contribution in [2.24, 2.45) is 0 Å². The van der Waals surface area contributed by atoms with Crippen LogP contribution in [0.25, 0.3) is 0 Å². The van der Waals surface area contributed by atoms with E-state index in [9.17, 15) is 4.79 Å². The van der Waals surface area contributed by atoms with Crippen molar-refractivity contribution in [3.63, 3.8) is 0 Å². The molecule has 6 nitrogen and oxygen atoms in total. The Morgan fingerprint density at radius 1 is 1.32 bits per heavy atom. The number of aromatic nitrogens is 1. The van der Waals surface area contributed by atoms with Crippen LogP contribution in [0.3, 0.4) is 0 Å². The summed E-state index contributed by atoms with van der Waals surface area (Å²) in [6.45, 7) is 3.89. The molecule has 0 unspecified atom stereocenters. The number of methoxy groups -OCH3 is 2. The number of esters is 1. The molecule has 1 N–H and O–H groups in total. The van der Waals surface area contributed by atoms with E-state index in [0.29, 0.717) is 33.8 Å². The Labute approximate surface area is 133 Å². The van der Waals surface area contributed by atoms with Gasteiger partial charge < -0.3 is 19.5 Å². The number of aryl methyl sites for hydroxylation is 1. The Morgan fingerprint density at radius 3 is 2.73 bits per heavy atom. The number of carbonyl (C=O) groups excluding carboxylic acids is 1. The van der Waals surface area contributed by atoms with Crippen molar-refractivity contribution in [1.82, 2.24) is 4.98 Å². The van der Waals surface area contributed by atoms with Crippen molar-refractivity contribution in [3.05, 3.63) is 28.8 Å². The number of ether oxygens (including phenoxy) is 3. The fraction of sp³-hybridized carbons (Fsp3) is 0.333. The van der Waals surface area contributed by atoms with E-state index < -0.39 is 0 Å². The minimum atomic E-state index is -0.354. The maximum absolute atomic E-state index is 11.8. The van der Waals surface area contributed by atoms with E-state index in [1.165, 1.54) is 11.3 Å². The average molecular weight is 322 g/mol. The highest BCUT2D eigenvalue weighted by Crippen LogP contribution is 2.33. The third kappa shape index (κ3) is 3.48. The standard InChI is InChI=1S/C15H18N2O4S/c1-5-21-14(18)13-9(2)16-15(22-13)17-11-7-6-10(19-3)8-12(11)20-4/h6-8H,5H2,1-4H3,(H,16,17). The Kier molecular flexibility index (Phi) is 5.21. The quantitative estimate of drug-likeness (QED) is 0.822. The van der Waals surface area contributed by atoms with Crippen molar-refractivity contribution in [2.45, 2.75) is 13.8 Å². The molecule has 1 aromatic carbocycles. The Balaban J connectivity index is 2.24. The van der Waals surface area contributed by atoms with Crippen LogP contribution in [0.5, 0.6) is 11.5 Å². The van der Waals surface area contributed by atoms with Crippen molar-refractivity contribution >= 4 is 28.1 Å². The summed E-state index contributed by atoms with van der Waals surface area (Å²) >= 11 is 1.25. The Hall–Kier alpha value is -2.28. The number of benzene rings is 1. The lowest BCUT2D eigenvalue weighted by Gasteiger charge is -2.10. The first-order valence-corrected chi connectivity index (χ1v) is 7.54. The van der Waals surface area contributed by atoms with Crippen LogP contribution in [0.1, 0.15) is 22.3 Å². The lowest BCUT2D eigenvalue weighted by molar-refractivity contribution is 0.0531. The van der Waals surface area contributed by atoms with E-state index in [0.717, 1.165) is 5.69 Å². The lowest BCUT2D eigenvalue weighted by Crippen LogP contribution is -2.03. The van der Waals surface area contributed by atoms with Gasteiger partial charge in [-0.1, -0.05) is 11.3 Å². The van der Waals surface area contributed by atoms with Crippen LogP contribution in [-0.4, -0.2) is 31.8 Å². The van der Waals surface area contributed by atoms with Crippen LogP contribution >= 0.6 is 11.3 Å². The van der Waals surface area contributed by atoms with Gasteiger partial charge in [0.2, 0.25) is 0 Å². The third-order valence-corrected chi connectivity index (χ3v) is 3.96. The molecule has 0 atom stereocenters. The van der Waals surface area contributed by atoms with E-state index in [-0.39, 0.29) is 5.97 Å². The topological polar surface area (TPSA) is 69.7 Å². The third-order valence-electron chi connectivity index (χ3n) is 2.91. The van der Waals surface area contributed by atoms with Crippen LogP contribution in [0.2, 0.25) is 0 Å². The summed E-state index contributed by atoms with van der Waals surface area (Å²) in [4.78, 5) is 16.7. The molecule has 2 rings (SSSR count). The van der Waals surface area contributed by atoms with Gasteiger partial charge in [0.25, 0.3) is 0 Å². The number of thiazole rings is 1. The summed E-state index contributed by atoms with van der Waals surface area (Å²) in [5.41, 5.74) is 1.38. The summed E-state index contributed by atoms with van der Waals surface area (Å²) in [6, 6.07) is 5.42. The van der Waals surface area contributed by atoms with Gasteiger partial charge in [0, 0.05) is 6.07 Å². The monoisotopic (exact) mass is 322 g/mol. The molecule has 0 bridgehead atoms. The highest BCUT2D eigenvalue weighted by molar-refractivity contribution is 7.17. The van der Waals surface area contributed by atoms with Gasteiger partial charge in [-0.25, -0.2) is 9.78 Å². The van der Waals surface area contributed by atoms with Gasteiger partial charge >= 0.3 is 5.97 Å². The molecule has 0 aliphatic heterocycles. The van der Waals surface area contributed by atoms with Crippen LogP contribution in [0, 0.1) is 6.92 Å². The zero-order valence-electron chi connectivity index (χ0n) is 12.9. The first-order valence-electron chi connectivity index (χ1n) is 6.72. The average Bonchev–Trinajstić information content (AvgIpc) is 2.88. The first-order chi connectivity index (χ1) is 10.6. The lowest BCUT2D eigenvalue weighted by atomic mass is 10.3. The highest BCUT2D eigenvalue weighted by atomic mass is 32.1. The Morgan fingerprint density at radius 2 is 2.09 bits per heavy atom. The summed E-state index contributed by atoms with van der Waals surface area (Å²) in [5.74, 6) is 0.974. The van der Waals surface area contributed by atoms with E-state index in [4.69, 9.17) is 14.2 Å². The molecule has 7 heteroatoms. The number of anilines is 2. The molecule has 118 valence electrons. The molecule has 0 spiro atoms. The smallest absolute Gasteiger partial charge is 0.350 e. The molecule has 0 saturated heterocycles. The molecule has 2 aromatic rings. The summed E-state index contributed by atoms with van der Waals surface area (Å²) in [5, 5.41) is 3.75.